The molecule has 1 aromatic rings. The largest absolute Gasteiger partial charge is 0.270 e. The van der Waals surface area contributed by atoms with E-state index < -0.39 is 0 Å². The van der Waals surface area contributed by atoms with Gasteiger partial charge in [-0.05, 0) is 6.07 Å². The van der Waals surface area contributed by atoms with Gasteiger partial charge in [0.2, 0.25) is 0 Å². The summed E-state index contributed by atoms with van der Waals surface area (Å²) in [6.07, 6.45) is 1.72. The normalized spacial score (nSPS) is 9.27. The van der Waals surface area contributed by atoms with E-state index in [0.717, 1.165) is 5.69 Å². The van der Waals surface area contributed by atoms with Crippen LogP contribution in [-0.4, -0.2) is 16.5 Å². The highest BCUT2D eigenvalue weighted by Gasteiger charge is 1.94. The fraction of sp³-hybridized carbons (Fsp3) is 0.500. The topological polar surface area (TPSA) is 17.8 Å². The van der Waals surface area contributed by atoms with Gasteiger partial charge < -0.3 is 0 Å². The van der Waals surface area contributed by atoms with Gasteiger partial charge in [-0.2, -0.15) is 5.10 Å². The third kappa shape index (κ3) is 3.08. The molecule has 0 bridgehead atoms. The summed E-state index contributed by atoms with van der Waals surface area (Å²) in [5, 5.41) is 3.96. The highest BCUT2D eigenvalue weighted by Crippen LogP contribution is 1.98. The molecule has 0 aliphatic heterocycles. The second kappa shape index (κ2) is 5.38. The number of rotatable bonds is 3. The van der Waals surface area contributed by atoms with Crippen molar-refractivity contribution >= 4 is 24.0 Å². The zero-order valence-electron chi connectivity index (χ0n) is 5.83. The van der Waals surface area contributed by atoms with Crippen LogP contribution in [0.15, 0.2) is 12.3 Å². The van der Waals surface area contributed by atoms with Crippen LogP contribution in [0.2, 0.25) is 0 Å². The van der Waals surface area contributed by atoms with Crippen LogP contribution in [0.1, 0.15) is 5.69 Å². The first kappa shape index (κ1) is 10.7. The second-order valence-corrected chi connectivity index (χ2v) is 2.16. The standard InChI is InChI=1S/C6H8ClFN2.ClH/c7-5-6-1-3-10(9-6)4-2-8;/h1,3H,2,4-5H2;1H. The van der Waals surface area contributed by atoms with Gasteiger partial charge in [-0.3, -0.25) is 4.68 Å². The van der Waals surface area contributed by atoms with Crippen molar-refractivity contribution in [1.82, 2.24) is 9.78 Å². The summed E-state index contributed by atoms with van der Waals surface area (Å²) in [6, 6.07) is 1.78. The van der Waals surface area contributed by atoms with Gasteiger partial charge in [-0.25, -0.2) is 4.39 Å². The minimum atomic E-state index is -0.386. The van der Waals surface area contributed by atoms with Crippen LogP contribution >= 0.6 is 24.0 Å². The molecule has 0 saturated carbocycles. The summed E-state index contributed by atoms with van der Waals surface area (Å²) in [6.45, 7) is -0.0692. The average molecular weight is 199 g/mol. The lowest BCUT2D eigenvalue weighted by atomic mass is 10.5. The van der Waals surface area contributed by atoms with Gasteiger partial charge in [0.1, 0.15) is 6.67 Å². The molecule has 11 heavy (non-hydrogen) atoms. The molecule has 0 spiro atoms. The Kier molecular flexibility index (Phi) is 5.24. The first-order valence-corrected chi connectivity index (χ1v) is 3.54. The SMILES string of the molecule is Cl.FCCn1ccc(CCl)n1. The fourth-order valence-corrected chi connectivity index (χ4v) is 0.829. The van der Waals surface area contributed by atoms with E-state index in [1.54, 1.807) is 12.3 Å². The lowest BCUT2D eigenvalue weighted by molar-refractivity contribution is 0.426. The molecule has 1 aromatic heterocycles. The van der Waals surface area contributed by atoms with E-state index in [4.69, 9.17) is 11.6 Å². The number of halogens is 3. The summed E-state index contributed by atoms with van der Waals surface area (Å²) in [7, 11) is 0. The summed E-state index contributed by atoms with van der Waals surface area (Å²) >= 11 is 5.47. The van der Waals surface area contributed by atoms with Crippen LogP contribution < -0.4 is 0 Å². The van der Waals surface area contributed by atoms with Crippen molar-refractivity contribution in [1.29, 1.82) is 0 Å². The smallest absolute Gasteiger partial charge is 0.109 e. The molecular weight excluding hydrogens is 190 g/mol. The molecule has 0 radical (unpaired) electrons. The van der Waals surface area contributed by atoms with Crippen LogP contribution in [0.5, 0.6) is 0 Å². The maximum Gasteiger partial charge on any atom is 0.109 e. The van der Waals surface area contributed by atoms with Gasteiger partial charge in [0, 0.05) is 6.20 Å². The van der Waals surface area contributed by atoms with Crippen molar-refractivity contribution in [3.05, 3.63) is 18.0 Å². The van der Waals surface area contributed by atoms with E-state index in [1.165, 1.54) is 4.68 Å². The van der Waals surface area contributed by atoms with Gasteiger partial charge in [-0.15, -0.1) is 24.0 Å². The molecule has 0 aliphatic rings. The molecule has 2 nitrogen and oxygen atoms in total. The predicted octanol–water partition coefficient (Wildman–Crippen LogP) is 2.01. The number of nitrogens with zero attached hydrogens (tertiary/aromatic N) is 2. The second-order valence-electron chi connectivity index (χ2n) is 1.89. The number of hydrogen-bond acceptors (Lipinski definition) is 1. The molecule has 64 valence electrons. The molecular formula is C6H9Cl2FN2. The maximum atomic E-state index is 11.7. The molecule has 0 N–H and O–H groups in total. The van der Waals surface area contributed by atoms with Crippen molar-refractivity contribution in [3.8, 4) is 0 Å². The van der Waals surface area contributed by atoms with E-state index in [0.29, 0.717) is 12.4 Å². The lowest BCUT2D eigenvalue weighted by Crippen LogP contribution is -2.00. The van der Waals surface area contributed by atoms with Gasteiger partial charge in [-0.1, -0.05) is 0 Å². The third-order valence-electron chi connectivity index (χ3n) is 1.15. The van der Waals surface area contributed by atoms with Gasteiger partial charge in [0.05, 0.1) is 18.1 Å². The van der Waals surface area contributed by atoms with E-state index in [9.17, 15) is 4.39 Å². The Labute approximate surface area is 75.8 Å². The Morgan fingerprint density at radius 3 is 2.82 bits per heavy atom. The van der Waals surface area contributed by atoms with Crippen LogP contribution in [-0.2, 0) is 12.4 Å². The fourth-order valence-electron chi connectivity index (χ4n) is 0.686. The maximum absolute atomic E-state index is 11.7. The Morgan fingerprint density at radius 2 is 2.36 bits per heavy atom. The first-order chi connectivity index (χ1) is 4.86. The van der Waals surface area contributed by atoms with E-state index in [-0.39, 0.29) is 19.1 Å². The molecule has 1 rings (SSSR count). The van der Waals surface area contributed by atoms with Crippen molar-refractivity contribution < 1.29 is 4.39 Å². The Balaban J connectivity index is 0.000001000. The minimum absolute atomic E-state index is 0. The van der Waals surface area contributed by atoms with E-state index in [2.05, 4.69) is 5.10 Å². The molecule has 0 fully saturated rings. The number of aromatic nitrogens is 2. The van der Waals surface area contributed by atoms with Crippen LogP contribution in [0.25, 0.3) is 0 Å². The van der Waals surface area contributed by atoms with Crippen molar-refractivity contribution in [2.45, 2.75) is 12.4 Å². The zero-order chi connectivity index (χ0) is 7.40. The van der Waals surface area contributed by atoms with Crippen molar-refractivity contribution in [2.24, 2.45) is 0 Å². The van der Waals surface area contributed by atoms with Crippen molar-refractivity contribution in [3.63, 3.8) is 0 Å². The quantitative estimate of drug-likeness (QED) is 0.681. The number of hydrogen-bond donors (Lipinski definition) is 0. The van der Waals surface area contributed by atoms with Crippen molar-refractivity contribution in [2.75, 3.05) is 6.67 Å². The van der Waals surface area contributed by atoms with Crippen LogP contribution in [0, 0.1) is 0 Å². The number of aryl methyl sites for hydroxylation is 1. The third-order valence-corrected chi connectivity index (χ3v) is 1.42. The summed E-state index contributed by atoms with van der Waals surface area (Å²) in [4.78, 5) is 0. The highest BCUT2D eigenvalue weighted by atomic mass is 35.5. The summed E-state index contributed by atoms with van der Waals surface area (Å²) in [5.41, 5.74) is 0.787. The van der Waals surface area contributed by atoms with Gasteiger partial charge in [0.15, 0.2) is 0 Å². The predicted molar refractivity (Wildman–Crippen MR) is 45.0 cm³/mol. The average Bonchev–Trinajstić information content (AvgIpc) is 2.37. The van der Waals surface area contributed by atoms with Crippen LogP contribution in [0.3, 0.4) is 0 Å². The molecule has 5 heteroatoms. The summed E-state index contributed by atoms with van der Waals surface area (Å²) in [5.74, 6) is 0.388. The molecule has 0 aromatic carbocycles. The lowest BCUT2D eigenvalue weighted by Gasteiger charge is -1.92. The molecule has 1 heterocycles. The molecule has 0 aliphatic carbocycles. The highest BCUT2D eigenvalue weighted by molar-refractivity contribution is 6.16. The first-order valence-electron chi connectivity index (χ1n) is 3.01. The zero-order valence-corrected chi connectivity index (χ0v) is 7.41. The molecule has 0 unspecified atom stereocenters. The van der Waals surface area contributed by atoms with Gasteiger partial charge in [0.25, 0.3) is 0 Å². The van der Waals surface area contributed by atoms with Crippen LogP contribution in [0.4, 0.5) is 4.39 Å². The minimum Gasteiger partial charge on any atom is -0.270 e. The van der Waals surface area contributed by atoms with Gasteiger partial charge >= 0.3 is 0 Å². The van der Waals surface area contributed by atoms with E-state index >= 15 is 0 Å². The Bertz CT molecular complexity index is 202. The number of alkyl halides is 2. The molecule has 0 saturated heterocycles. The Morgan fingerprint density at radius 1 is 1.64 bits per heavy atom. The monoisotopic (exact) mass is 198 g/mol. The molecule has 0 atom stereocenters. The van der Waals surface area contributed by atoms with E-state index in [1.807, 2.05) is 0 Å². The molecule has 0 amide bonds. The summed E-state index contributed by atoms with van der Waals surface area (Å²) < 4.78 is 13.2. The Hall–Kier alpha value is -0.280.